The highest BCUT2D eigenvalue weighted by Gasteiger charge is 2.36. The second-order valence-electron chi connectivity index (χ2n) is 6.64. The number of halogens is 1. The minimum absolute atomic E-state index is 0.164. The molecule has 3 rings (SSSR count). The number of carbonyl (C=O) groups is 3. The van der Waals surface area contributed by atoms with Gasteiger partial charge in [-0.2, -0.15) is 0 Å². The number of nitrogens with one attached hydrogen (secondary N) is 1. The first-order chi connectivity index (χ1) is 15.9. The zero-order chi connectivity index (χ0) is 24.0. The van der Waals surface area contributed by atoms with E-state index < -0.39 is 23.6 Å². The fraction of sp³-hybridized carbons (Fsp3) is 0.174. The lowest BCUT2D eigenvalue weighted by Gasteiger charge is -2.13. The number of hydrogen-bond donors (Lipinski definition) is 1. The summed E-state index contributed by atoms with van der Waals surface area (Å²) in [5.41, 5.74) is 0.965. The van der Waals surface area contributed by atoms with E-state index in [-0.39, 0.29) is 11.5 Å². The first-order valence-corrected chi connectivity index (χ1v) is 10.9. The highest BCUT2D eigenvalue weighted by atomic mass is 35.5. The van der Waals surface area contributed by atoms with E-state index in [2.05, 4.69) is 11.9 Å². The summed E-state index contributed by atoms with van der Waals surface area (Å²) in [5, 5.41) is 2.38. The van der Waals surface area contributed by atoms with E-state index >= 15 is 0 Å². The Morgan fingerprint density at radius 3 is 2.61 bits per heavy atom. The third kappa shape index (κ3) is 5.68. The Labute approximate surface area is 200 Å². The summed E-state index contributed by atoms with van der Waals surface area (Å²) < 4.78 is 16.1. The summed E-state index contributed by atoms with van der Waals surface area (Å²) in [6.07, 6.45) is 3.12. The molecule has 1 aliphatic heterocycles. The number of methoxy groups -OCH3 is 2. The smallest absolute Gasteiger partial charge is 0.294 e. The highest BCUT2D eigenvalue weighted by Crippen LogP contribution is 2.37. The largest absolute Gasteiger partial charge is 0.495 e. The van der Waals surface area contributed by atoms with Crippen LogP contribution in [0.2, 0.25) is 5.02 Å². The topological polar surface area (TPSA) is 94.2 Å². The molecule has 0 atom stereocenters. The first kappa shape index (κ1) is 24.2. The van der Waals surface area contributed by atoms with Gasteiger partial charge in [0.05, 0.1) is 24.1 Å². The molecule has 2 aromatic rings. The van der Waals surface area contributed by atoms with Gasteiger partial charge in [0, 0.05) is 11.3 Å². The number of ether oxygens (including phenoxy) is 3. The van der Waals surface area contributed by atoms with Crippen molar-refractivity contribution in [1.82, 2.24) is 4.90 Å². The van der Waals surface area contributed by atoms with Crippen molar-refractivity contribution in [1.29, 1.82) is 0 Å². The number of carbonyl (C=O) groups excluding carboxylic acids is 3. The van der Waals surface area contributed by atoms with Crippen molar-refractivity contribution < 1.29 is 28.6 Å². The Hall–Kier alpha value is -3.43. The van der Waals surface area contributed by atoms with Gasteiger partial charge >= 0.3 is 0 Å². The molecular formula is C23H21ClN2O6S. The van der Waals surface area contributed by atoms with Crippen molar-refractivity contribution in [2.75, 3.05) is 32.7 Å². The molecule has 1 N–H and O–H groups in total. The number of anilines is 1. The lowest BCUT2D eigenvalue weighted by Crippen LogP contribution is -2.36. The zero-order valence-electron chi connectivity index (χ0n) is 17.9. The average molecular weight is 489 g/mol. The van der Waals surface area contributed by atoms with E-state index in [1.165, 1.54) is 26.4 Å². The molecule has 0 aromatic heterocycles. The highest BCUT2D eigenvalue weighted by molar-refractivity contribution is 8.18. The standard InChI is InChI=1S/C23H21ClN2O6S/c1-4-10-32-21-14(6-5-7-18(21)31-3)11-19-22(28)26(23(29)33-19)13-20(27)25-15-8-9-17(30-2)16(24)12-15/h4-9,11-12H,1,10,13H2,2-3H3,(H,25,27)/b19-11-. The summed E-state index contributed by atoms with van der Waals surface area (Å²) in [6.45, 7) is 3.42. The summed E-state index contributed by atoms with van der Waals surface area (Å²) in [4.78, 5) is 38.7. The molecule has 8 nitrogen and oxygen atoms in total. The molecule has 10 heteroatoms. The van der Waals surface area contributed by atoms with Gasteiger partial charge in [-0.05, 0) is 42.1 Å². The van der Waals surface area contributed by atoms with Crippen LogP contribution in [0.3, 0.4) is 0 Å². The fourth-order valence-corrected chi connectivity index (χ4v) is 4.06. The lowest BCUT2D eigenvalue weighted by molar-refractivity contribution is -0.127. The van der Waals surface area contributed by atoms with Crippen molar-refractivity contribution in [3.05, 3.63) is 64.5 Å². The quantitative estimate of drug-likeness (QED) is 0.407. The third-order valence-electron chi connectivity index (χ3n) is 4.47. The number of benzene rings is 2. The summed E-state index contributed by atoms with van der Waals surface area (Å²) in [7, 11) is 2.98. The number of para-hydroxylation sites is 1. The normalized spacial score (nSPS) is 14.4. The Kier molecular flexibility index (Phi) is 8.02. The molecule has 1 saturated heterocycles. The van der Waals surface area contributed by atoms with Gasteiger partial charge in [-0.15, -0.1) is 0 Å². The maximum atomic E-state index is 12.8. The molecule has 0 spiro atoms. The molecular weight excluding hydrogens is 468 g/mol. The van der Waals surface area contributed by atoms with E-state index in [9.17, 15) is 14.4 Å². The van der Waals surface area contributed by atoms with Crippen molar-refractivity contribution >= 4 is 52.2 Å². The van der Waals surface area contributed by atoms with E-state index in [1.807, 2.05) is 0 Å². The summed E-state index contributed by atoms with van der Waals surface area (Å²) in [6, 6.07) is 9.90. The molecule has 0 bridgehead atoms. The number of imide groups is 1. The summed E-state index contributed by atoms with van der Waals surface area (Å²) >= 11 is 6.80. The van der Waals surface area contributed by atoms with Gasteiger partial charge in [-0.3, -0.25) is 19.3 Å². The molecule has 3 amide bonds. The van der Waals surface area contributed by atoms with E-state index in [4.69, 9.17) is 25.8 Å². The maximum Gasteiger partial charge on any atom is 0.294 e. The monoisotopic (exact) mass is 488 g/mol. The fourth-order valence-electron chi connectivity index (χ4n) is 2.97. The van der Waals surface area contributed by atoms with Crippen LogP contribution >= 0.6 is 23.4 Å². The lowest BCUT2D eigenvalue weighted by atomic mass is 10.1. The van der Waals surface area contributed by atoms with Gasteiger partial charge in [0.25, 0.3) is 11.1 Å². The average Bonchev–Trinajstić information content (AvgIpc) is 3.05. The maximum absolute atomic E-state index is 12.8. The molecule has 1 fully saturated rings. The van der Waals surface area contributed by atoms with Crippen LogP contribution in [-0.4, -0.2) is 49.3 Å². The van der Waals surface area contributed by atoms with Crippen LogP contribution in [0.5, 0.6) is 17.2 Å². The van der Waals surface area contributed by atoms with Gasteiger partial charge in [-0.1, -0.05) is 36.4 Å². The van der Waals surface area contributed by atoms with Crippen LogP contribution in [0.15, 0.2) is 54.0 Å². The number of nitrogens with zero attached hydrogens (tertiary/aromatic N) is 1. The van der Waals surface area contributed by atoms with Gasteiger partial charge in [0.2, 0.25) is 5.91 Å². The van der Waals surface area contributed by atoms with E-state index in [1.54, 1.807) is 36.4 Å². The van der Waals surface area contributed by atoms with Crippen molar-refractivity contribution in [2.24, 2.45) is 0 Å². The number of thioether (sulfide) groups is 1. The molecule has 33 heavy (non-hydrogen) atoms. The van der Waals surface area contributed by atoms with Crippen LogP contribution in [-0.2, 0) is 9.59 Å². The van der Waals surface area contributed by atoms with E-state index in [0.717, 1.165) is 16.7 Å². The molecule has 0 unspecified atom stereocenters. The second kappa shape index (κ2) is 10.9. The molecule has 2 aromatic carbocycles. The van der Waals surface area contributed by atoms with Gasteiger partial charge in [0.1, 0.15) is 18.9 Å². The van der Waals surface area contributed by atoms with Crippen LogP contribution in [0, 0.1) is 0 Å². The van der Waals surface area contributed by atoms with E-state index in [0.29, 0.717) is 33.5 Å². The third-order valence-corrected chi connectivity index (χ3v) is 5.68. The molecule has 0 saturated carbocycles. The van der Waals surface area contributed by atoms with Crippen LogP contribution < -0.4 is 19.5 Å². The van der Waals surface area contributed by atoms with Gasteiger partial charge in [-0.25, -0.2) is 0 Å². The first-order valence-electron chi connectivity index (χ1n) is 9.67. The molecule has 0 aliphatic carbocycles. The molecule has 1 heterocycles. The predicted octanol–water partition coefficient (Wildman–Crippen LogP) is 4.60. The second-order valence-corrected chi connectivity index (χ2v) is 8.04. The SMILES string of the molecule is C=CCOc1c(/C=C2\SC(=O)N(CC(=O)Nc3ccc(OC)c(Cl)c3)C2=O)cccc1OC. The minimum Gasteiger partial charge on any atom is -0.495 e. The van der Waals surface area contributed by atoms with Crippen molar-refractivity contribution in [2.45, 2.75) is 0 Å². The Bertz CT molecular complexity index is 1130. The van der Waals surface area contributed by atoms with Crippen LogP contribution in [0.1, 0.15) is 5.56 Å². The Morgan fingerprint density at radius 1 is 1.18 bits per heavy atom. The Balaban J connectivity index is 1.76. The number of rotatable bonds is 9. The minimum atomic E-state index is -0.578. The van der Waals surface area contributed by atoms with Crippen molar-refractivity contribution in [3.63, 3.8) is 0 Å². The number of hydrogen-bond acceptors (Lipinski definition) is 7. The van der Waals surface area contributed by atoms with Gasteiger partial charge in [0.15, 0.2) is 11.5 Å². The van der Waals surface area contributed by atoms with Gasteiger partial charge < -0.3 is 19.5 Å². The molecule has 1 aliphatic rings. The Morgan fingerprint density at radius 2 is 1.94 bits per heavy atom. The molecule has 0 radical (unpaired) electrons. The van der Waals surface area contributed by atoms with Crippen LogP contribution in [0.25, 0.3) is 6.08 Å². The number of amides is 3. The predicted molar refractivity (Wildman–Crippen MR) is 128 cm³/mol. The molecule has 172 valence electrons. The summed E-state index contributed by atoms with van der Waals surface area (Å²) in [5.74, 6) is 0.226. The zero-order valence-corrected chi connectivity index (χ0v) is 19.5. The van der Waals surface area contributed by atoms with Crippen molar-refractivity contribution in [3.8, 4) is 17.2 Å². The van der Waals surface area contributed by atoms with Crippen LogP contribution in [0.4, 0.5) is 10.5 Å².